The number of ether oxygens (including phenoxy) is 1. The second kappa shape index (κ2) is 16.8. The fourth-order valence-electron chi connectivity index (χ4n) is 4.45. The van der Waals surface area contributed by atoms with E-state index >= 15 is 0 Å². The molecule has 0 N–H and O–H groups in total. The number of carbonyl (C=O) groups is 3. The van der Waals surface area contributed by atoms with Gasteiger partial charge in [0, 0.05) is 19.2 Å². The second-order valence-electron chi connectivity index (χ2n) is 9.74. The minimum atomic E-state index is -0.121. The molecule has 0 radical (unpaired) electrons. The molecule has 0 saturated carbocycles. The Labute approximate surface area is 232 Å². The summed E-state index contributed by atoms with van der Waals surface area (Å²) in [7, 11) is 0. The Bertz CT molecular complexity index is 1200. The molecule has 3 rings (SSSR count). The van der Waals surface area contributed by atoms with Gasteiger partial charge in [-0.2, -0.15) is 0 Å². The van der Waals surface area contributed by atoms with Gasteiger partial charge >= 0.3 is 0 Å². The van der Waals surface area contributed by atoms with Crippen molar-refractivity contribution < 1.29 is 19.1 Å². The lowest BCUT2D eigenvalue weighted by Gasteiger charge is -2.22. The van der Waals surface area contributed by atoms with Crippen LogP contribution in [0.25, 0.3) is 6.08 Å². The monoisotopic (exact) mass is 525 g/mol. The second-order valence-corrected chi connectivity index (χ2v) is 9.74. The van der Waals surface area contributed by atoms with E-state index in [1.54, 1.807) is 23.1 Å². The fourth-order valence-corrected chi connectivity index (χ4v) is 4.45. The lowest BCUT2D eigenvalue weighted by atomic mass is 10.0. The highest BCUT2D eigenvalue weighted by Gasteiger charge is 2.14. The van der Waals surface area contributed by atoms with Gasteiger partial charge in [0.25, 0.3) is 0 Å². The molecule has 3 aromatic rings. The highest BCUT2D eigenvalue weighted by molar-refractivity contribution is 5.91. The average molecular weight is 526 g/mol. The summed E-state index contributed by atoms with van der Waals surface area (Å²) in [5, 5.41) is 0. The van der Waals surface area contributed by atoms with Gasteiger partial charge in [0.05, 0.1) is 5.56 Å². The summed E-state index contributed by atoms with van der Waals surface area (Å²) in [6.45, 7) is 2.88. The standard InChI is InChI=1S/C34H39NO4/c1-2-3-4-5-6-8-13-29-14-16-30(17-15-29)25-35(34(38)21-19-28-11-9-7-10-12-28)26-31-18-20-33(39-23-22-36)32(24-31)27-37/h7,9-12,14-22,24,27H,2-6,8,13,23,25-26H2,1H3/b21-19+. The number of amides is 1. The number of rotatable bonds is 17. The Morgan fingerprint density at radius 2 is 1.46 bits per heavy atom. The maximum atomic E-state index is 13.3. The Morgan fingerprint density at radius 3 is 2.18 bits per heavy atom. The molecule has 0 bridgehead atoms. The van der Waals surface area contributed by atoms with Crippen LogP contribution in [0.1, 0.15) is 78.1 Å². The van der Waals surface area contributed by atoms with Crippen LogP contribution in [0.5, 0.6) is 5.75 Å². The first-order valence-electron chi connectivity index (χ1n) is 13.9. The molecule has 5 nitrogen and oxygen atoms in total. The van der Waals surface area contributed by atoms with Crippen LogP contribution in [0.15, 0.2) is 78.9 Å². The first-order valence-corrected chi connectivity index (χ1v) is 13.9. The summed E-state index contributed by atoms with van der Waals surface area (Å²) in [6, 6.07) is 23.4. The molecule has 0 unspecified atom stereocenters. The highest BCUT2D eigenvalue weighted by Crippen LogP contribution is 2.21. The van der Waals surface area contributed by atoms with E-state index in [0.29, 0.717) is 37.0 Å². The van der Waals surface area contributed by atoms with E-state index in [9.17, 15) is 14.4 Å². The van der Waals surface area contributed by atoms with E-state index < -0.39 is 0 Å². The SMILES string of the molecule is CCCCCCCCc1ccc(CN(Cc2ccc(OCC=O)c(C=O)c2)C(=O)/C=C/c2ccccc2)cc1. The van der Waals surface area contributed by atoms with E-state index in [4.69, 9.17) is 4.74 Å². The molecule has 204 valence electrons. The van der Waals surface area contributed by atoms with Gasteiger partial charge in [-0.1, -0.05) is 99.7 Å². The number of aldehydes is 2. The quantitative estimate of drug-likeness (QED) is 0.106. The predicted octanol–water partition coefficient (Wildman–Crippen LogP) is 7.22. The molecule has 0 aliphatic rings. The van der Waals surface area contributed by atoms with Crippen molar-refractivity contribution in [3.63, 3.8) is 0 Å². The molecule has 0 fully saturated rings. The Hall–Kier alpha value is -3.99. The molecule has 0 heterocycles. The Kier molecular flexibility index (Phi) is 12.7. The highest BCUT2D eigenvalue weighted by atomic mass is 16.5. The van der Waals surface area contributed by atoms with Crippen molar-refractivity contribution in [2.45, 2.75) is 65.0 Å². The van der Waals surface area contributed by atoms with Gasteiger partial charge in [-0.05, 0) is 53.3 Å². The summed E-state index contributed by atoms with van der Waals surface area (Å²) >= 11 is 0. The van der Waals surface area contributed by atoms with Crippen LogP contribution >= 0.6 is 0 Å². The molecule has 3 aromatic carbocycles. The summed E-state index contributed by atoms with van der Waals surface area (Å²) in [5.74, 6) is 0.229. The third-order valence-electron chi connectivity index (χ3n) is 6.63. The third kappa shape index (κ3) is 10.4. The number of unbranched alkanes of at least 4 members (excludes halogenated alkanes) is 5. The lowest BCUT2D eigenvalue weighted by molar-refractivity contribution is -0.127. The molecule has 0 aliphatic heterocycles. The van der Waals surface area contributed by atoms with E-state index in [1.807, 2.05) is 42.5 Å². The lowest BCUT2D eigenvalue weighted by Crippen LogP contribution is -2.28. The van der Waals surface area contributed by atoms with Gasteiger partial charge in [0.2, 0.25) is 5.91 Å². The number of benzene rings is 3. The van der Waals surface area contributed by atoms with Gasteiger partial charge in [-0.3, -0.25) is 14.4 Å². The summed E-state index contributed by atoms with van der Waals surface area (Å²) < 4.78 is 5.34. The molecule has 0 spiro atoms. The largest absolute Gasteiger partial charge is 0.485 e. The minimum absolute atomic E-state index is 0.121. The summed E-state index contributed by atoms with van der Waals surface area (Å²) in [6.07, 6.45) is 13.5. The maximum Gasteiger partial charge on any atom is 0.247 e. The van der Waals surface area contributed by atoms with Crippen molar-refractivity contribution >= 4 is 24.6 Å². The van der Waals surface area contributed by atoms with Crippen LogP contribution in [-0.2, 0) is 29.1 Å². The summed E-state index contributed by atoms with van der Waals surface area (Å²) in [4.78, 5) is 37.4. The van der Waals surface area contributed by atoms with Crippen molar-refractivity contribution in [3.8, 4) is 5.75 Å². The molecular formula is C34H39NO4. The van der Waals surface area contributed by atoms with Gasteiger partial charge in [0.15, 0.2) is 12.6 Å². The van der Waals surface area contributed by atoms with Crippen molar-refractivity contribution in [2.75, 3.05) is 6.61 Å². The smallest absolute Gasteiger partial charge is 0.247 e. The van der Waals surface area contributed by atoms with Crippen LogP contribution < -0.4 is 4.74 Å². The number of aryl methyl sites for hydroxylation is 1. The normalized spacial score (nSPS) is 10.9. The molecule has 0 aromatic heterocycles. The van der Waals surface area contributed by atoms with Crippen molar-refractivity contribution in [1.29, 1.82) is 0 Å². The average Bonchev–Trinajstić information content (AvgIpc) is 2.97. The molecule has 0 aliphatic carbocycles. The number of hydrogen-bond acceptors (Lipinski definition) is 4. The third-order valence-corrected chi connectivity index (χ3v) is 6.63. The summed E-state index contributed by atoms with van der Waals surface area (Å²) in [5.41, 5.74) is 4.46. The van der Waals surface area contributed by atoms with Gasteiger partial charge in [-0.15, -0.1) is 0 Å². The van der Waals surface area contributed by atoms with Gasteiger partial charge < -0.3 is 9.64 Å². The predicted molar refractivity (Wildman–Crippen MR) is 157 cm³/mol. The van der Waals surface area contributed by atoms with E-state index in [-0.39, 0.29) is 12.5 Å². The van der Waals surface area contributed by atoms with Crippen LogP contribution in [0.4, 0.5) is 0 Å². The van der Waals surface area contributed by atoms with E-state index in [1.165, 1.54) is 44.1 Å². The van der Waals surface area contributed by atoms with Gasteiger partial charge in [0.1, 0.15) is 12.4 Å². The zero-order valence-electron chi connectivity index (χ0n) is 22.9. The van der Waals surface area contributed by atoms with Crippen LogP contribution in [0, 0.1) is 0 Å². The molecule has 0 saturated heterocycles. The minimum Gasteiger partial charge on any atom is -0.485 e. The van der Waals surface area contributed by atoms with Crippen molar-refractivity contribution in [3.05, 3.63) is 107 Å². The number of hydrogen-bond donors (Lipinski definition) is 0. The molecule has 1 amide bonds. The molecule has 0 atom stereocenters. The van der Waals surface area contributed by atoms with Crippen LogP contribution in [-0.4, -0.2) is 30.0 Å². The number of carbonyl (C=O) groups excluding carboxylic acids is 3. The van der Waals surface area contributed by atoms with Crippen molar-refractivity contribution in [2.24, 2.45) is 0 Å². The van der Waals surface area contributed by atoms with Crippen LogP contribution in [0.2, 0.25) is 0 Å². The fraction of sp³-hybridized carbons (Fsp3) is 0.324. The molecular weight excluding hydrogens is 486 g/mol. The Balaban J connectivity index is 1.71. The van der Waals surface area contributed by atoms with Crippen LogP contribution in [0.3, 0.4) is 0 Å². The molecule has 5 heteroatoms. The first-order chi connectivity index (χ1) is 19.1. The van der Waals surface area contributed by atoms with E-state index in [2.05, 4.69) is 31.2 Å². The topological polar surface area (TPSA) is 63.7 Å². The van der Waals surface area contributed by atoms with Crippen molar-refractivity contribution in [1.82, 2.24) is 4.90 Å². The Morgan fingerprint density at radius 1 is 0.795 bits per heavy atom. The maximum absolute atomic E-state index is 13.3. The number of nitrogens with zero attached hydrogens (tertiary/aromatic N) is 1. The molecule has 39 heavy (non-hydrogen) atoms. The first kappa shape index (κ1) is 29.6. The van der Waals surface area contributed by atoms with Gasteiger partial charge in [-0.25, -0.2) is 0 Å². The van der Waals surface area contributed by atoms with E-state index in [0.717, 1.165) is 23.1 Å². The zero-order valence-corrected chi connectivity index (χ0v) is 22.9. The zero-order chi connectivity index (χ0) is 27.7.